The van der Waals surface area contributed by atoms with Crippen LogP contribution in [0, 0.1) is 11.7 Å². The standard InChI is InChI=1S/C20H20FN5S/c1-13(2)11-26-19(14-7-3-4-8-15(14)21)24-25-20(26)27-12-18-22-16-9-5-6-10-17(16)23-18/h3-10,13H,11-12H2,1-2H3,(H,22,23). The van der Waals surface area contributed by atoms with E-state index in [4.69, 9.17) is 0 Å². The van der Waals surface area contributed by atoms with Crippen LogP contribution in [0.2, 0.25) is 0 Å². The van der Waals surface area contributed by atoms with Crippen molar-refractivity contribution in [1.82, 2.24) is 24.7 Å². The third-order valence-corrected chi connectivity index (χ3v) is 5.13. The van der Waals surface area contributed by atoms with Gasteiger partial charge in [-0.25, -0.2) is 9.37 Å². The molecule has 4 rings (SSSR count). The summed E-state index contributed by atoms with van der Waals surface area (Å²) in [7, 11) is 0. The molecule has 0 spiro atoms. The van der Waals surface area contributed by atoms with Crippen molar-refractivity contribution in [2.45, 2.75) is 31.3 Å². The van der Waals surface area contributed by atoms with E-state index in [0.717, 1.165) is 28.6 Å². The molecular weight excluding hydrogens is 361 g/mol. The Morgan fingerprint density at radius 3 is 2.63 bits per heavy atom. The second kappa shape index (κ2) is 7.52. The van der Waals surface area contributed by atoms with Crippen molar-refractivity contribution in [3.8, 4) is 11.4 Å². The molecular formula is C20H20FN5S. The lowest BCUT2D eigenvalue weighted by Crippen LogP contribution is -2.08. The topological polar surface area (TPSA) is 59.4 Å². The Morgan fingerprint density at radius 1 is 1.07 bits per heavy atom. The van der Waals surface area contributed by atoms with Crippen LogP contribution in [0.1, 0.15) is 19.7 Å². The monoisotopic (exact) mass is 381 g/mol. The Bertz CT molecular complexity index is 1040. The summed E-state index contributed by atoms with van der Waals surface area (Å²) in [5.41, 5.74) is 2.44. The molecule has 0 aliphatic heterocycles. The number of halogens is 1. The number of fused-ring (bicyclic) bond motifs is 1. The number of imidazole rings is 1. The van der Waals surface area contributed by atoms with Crippen LogP contribution in [0.15, 0.2) is 53.7 Å². The minimum Gasteiger partial charge on any atom is -0.341 e. The summed E-state index contributed by atoms with van der Waals surface area (Å²) >= 11 is 1.55. The SMILES string of the molecule is CC(C)Cn1c(SCc2nc3ccccc3[nH]2)nnc1-c1ccccc1F. The van der Waals surface area contributed by atoms with Gasteiger partial charge in [-0.2, -0.15) is 0 Å². The summed E-state index contributed by atoms with van der Waals surface area (Å²) in [6.45, 7) is 4.97. The number of hydrogen-bond donors (Lipinski definition) is 1. The van der Waals surface area contributed by atoms with E-state index in [1.807, 2.05) is 34.9 Å². The number of benzene rings is 2. The van der Waals surface area contributed by atoms with Gasteiger partial charge in [-0.3, -0.25) is 0 Å². The molecule has 2 aromatic carbocycles. The number of nitrogens with one attached hydrogen (secondary N) is 1. The molecule has 0 fully saturated rings. The predicted molar refractivity (Wildman–Crippen MR) is 106 cm³/mol. The minimum absolute atomic E-state index is 0.288. The highest BCUT2D eigenvalue weighted by Gasteiger charge is 2.18. The lowest BCUT2D eigenvalue weighted by molar-refractivity contribution is 0.496. The van der Waals surface area contributed by atoms with Crippen LogP contribution < -0.4 is 0 Å². The van der Waals surface area contributed by atoms with Crippen LogP contribution in [0.5, 0.6) is 0 Å². The molecule has 0 saturated heterocycles. The highest BCUT2D eigenvalue weighted by atomic mass is 32.2. The Kier molecular flexibility index (Phi) is 4.94. The predicted octanol–water partition coefficient (Wildman–Crippen LogP) is 4.91. The summed E-state index contributed by atoms with van der Waals surface area (Å²) in [6.07, 6.45) is 0. The van der Waals surface area contributed by atoms with E-state index in [0.29, 0.717) is 23.1 Å². The van der Waals surface area contributed by atoms with Crippen LogP contribution in [0.3, 0.4) is 0 Å². The summed E-state index contributed by atoms with van der Waals surface area (Å²) < 4.78 is 16.3. The summed E-state index contributed by atoms with van der Waals surface area (Å²) in [4.78, 5) is 7.93. The average molecular weight is 381 g/mol. The molecule has 0 saturated carbocycles. The molecule has 1 N–H and O–H groups in total. The smallest absolute Gasteiger partial charge is 0.191 e. The van der Waals surface area contributed by atoms with Crippen LogP contribution in [-0.2, 0) is 12.3 Å². The molecule has 27 heavy (non-hydrogen) atoms. The first-order valence-corrected chi connectivity index (χ1v) is 9.85. The van der Waals surface area contributed by atoms with E-state index < -0.39 is 0 Å². The van der Waals surface area contributed by atoms with Gasteiger partial charge in [-0.05, 0) is 30.2 Å². The summed E-state index contributed by atoms with van der Waals surface area (Å²) in [6, 6.07) is 14.6. The molecule has 0 aliphatic rings. The number of aromatic amines is 1. The van der Waals surface area contributed by atoms with Crippen molar-refractivity contribution in [2.75, 3.05) is 0 Å². The van der Waals surface area contributed by atoms with E-state index in [2.05, 4.69) is 34.0 Å². The summed E-state index contributed by atoms with van der Waals surface area (Å²) in [5, 5.41) is 9.37. The van der Waals surface area contributed by atoms with Crippen molar-refractivity contribution in [3.05, 3.63) is 60.2 Å². The quantitative estimate of drug-likeness (QED) is 0.482. The zero-order valence-corrected chi connectivity index (χ0v) is 16.0. The molecule has 138 valence electrons. The maximum absolute atomic E-state index is 14.3. The van der Waals surface area contributed by atoms with E-state index in [-0.39, 0.29) is 5.82 Å². The van der Waals surface area contributed by atoms with Gasteiger partial charge in [0.2, 0.25) is 0 Å². The Morgan fingerprint density at radius 2 is 1.85 bits per heavy atom. The van der Waals surface area contributed by atoms with Crippen LogP contribution >= 0.6 is 11.8 Å². The zero-order chi connectivity index (χ0) is 18.8. The van der Waals surface area contributed by atoms with Crippen molar-refractivity contribution in [2.24, 2.45) is 5.92 Å². The van der Waals surface area contributed by atoms with Gasteiger partial charge in [-0.15, -0.1) is 10.2 Å². The van der Waals surface area contributed by atoms with Gasteiger partial charge in [0, 0.05) is 6.54 Å². The number of nitrogens with zero attached hydrogens (tertiary/aromatic N) is 4. The van der Waals surface area contributed by atoms with Gasteiger partial charge in [0.05, 0.1) is 22.3 Å². The van der Waals surface area contributed by atoms with Gasteiger partial charge in [0.15, 0.2) is 11.0 Å². The molecule has 0 amide bonds. The molecule has 0 bridgehead atoms. The number of H-pyrrole nitrogens is 1. The fourth-order valence-electron chi connectivity index (χ4n) is 2.97. The number of aromatic nitrogens is 5. The largest absolute Gasteiger partial charge is 0.341 e. The van der Waals surface area contributed by atoms with Gasteiger partial charge >= 0.3 is 0 Å². The third kappa shape index (κ3) is 3.73. The molecule has 0 unspecified atom stereocenters. The Balaban J connectivity index is 1.63. The molecule has 2 heterocycles. The molecule has 7 heteroatoms. The number of rotatable bonds is 6. The van der Waals surface area contributed by atoms with Crippen molar-refractivity contribution in [3.63, 3.8) is 0 Å². The highest BCUT2D eigenvalue weighted by molar-refractivity contribution is 7.98. The van der Waals surface area contributed by atoms with E-state index in [1.54, 1.807) is 23.9 Å². The zero-order valence-electron chi connectivity index (χ0n) is 15.2. The average Bonchev–Trinajstić information content (AvgIpc) is 3.23. The maximum Gasteiger partial charge on any atom is 0.191 e. The molecule has 0 atom stereocenters. The molecule has 4 aromatic rings. The third-order valence-electron chi connectivity index (χ3n) is 4.16. The first-order valence-electron chi connectivity index (χ1n) is 8.86. The fourth-order valence-corrected chi connectivity index (χ4v) is 3.79. The van der Waals surface area contributed by atoms with Crippen LogP contribution in [0.25, 0.3) is 22.4 Å². The van der Waals surface area contributed by atoms with Gasteiger partial charge < -0.3 is 9.55 Å². The highest BCUT2D eigenvalue weighted by Crippen LogP contribution is 2.28. The number of para-hydroxylation sites is 2. The first-order chi connectivity index (χ1) is 13.1. The second-order valence-electron chi connectivity index (χ2n) is 6.78. The maximum atomic E-state index is 14.3. The first kappa shape index (κ1) is 17.7. The van der Waals surface area contributed by atoms with Crippen molar-refractivity contribution < 1.29 is 4.39 Å². The second-order valence-corrected chi connectivity index (χ2v) is 7.72. The molecule has 5 nitrogen and oxygen atoms in total. The molecule has 2 aromatic heterocycles. The molecule has 0 aliphatic carbocycles. The molecule has 0 radical (unpaired) electrons. The van der Waals surface area contributed by atoms with Crippen molar-refractivity contribution in [1.29, 1.82) is 0 Å². The van der Waals surface area contributed by atoms with E-state index >= 15 is 0 Å². The lowest BCUT2D eigenvalue weighted by Gasteiger charge is -2.12. The Hall–Kier alpha value is -2.67. The Labute approximate surface area is 161 Å². The fraction of sp³-hybridized carbons (Fsp3) is 0.250. The van der Waals surface area contributed by atoms with Gasteiger partial charge in [0.25, 0.3) is 0 Å². The minimum atomic E-state index is -0.288. The van der Waals surface area contributed by atoms with Crippen molar-refractivity contribution >= 4 is 22.8 Å². The van der Waals surface area contributed by atoms with Gasteiger partial charge in [0.1, 0.15) is 11.6 Å². The number of thioether (sulfide) groups is 1. The van der Waals surface area contributed by atoms with E-state index in [1.165, 1.54) is 6.07 Å². The lowest BCUT2D eigenvalue weighted by atomic mass is 10.2. The normalized spacial score (nSPS) is 11.6. The van der Waals surface area contributed by atoms with Crippen LogP contribution in [-0.4, -0.2) is 24.7 Å². The van der Waals surface area contributed by atoms with Gasteiger partial charge in [-0.1, -0.05) is 49.9 Å². The van der Waals surface area contributed by atoms with E-state index in [9.17, 15) is 4.39 Å². The number of hydrogen-bond acceptors (Lipinski definition) is 4. The summed E-state index contributed by atoms with van der Waals surface area (Å²) in [5.74, 6) is 2.18. The van der Waals surface area contributed by atoms with Crippen LogP contribution in [0.4, 0.5) is 4.39 Å².